The molecule has 0 unspecified atom stereocenters. The van der Waals surface area contributed by atoms with Gasteiger partial charge in [0.25, 0.3) is 0 Å². The van der Waals surface area contributed by atoms with Gasteiger partial charge in [0.05, 0.1) is 5.84 Å². The molecule has 0 aliphatic rings. The van der Waals surface area contributed by atoms with Gasteiger partial charge in [0.15, 0.2) is 0 Å². The third-order valence-electron chi connectivity index (χ3n) is 1.26. The van der Waals surface area contributed by atoms with Crippen molar-refractivity contribution in [2.24, 2.45) is 5.73 Å². The van der Waals surface area contributed by atoms with E-state index in [1.54, 1.807) is 12.4 Å². The van der Waals surface area contributed by atoms with E-state index in [0.29, 0.717) is 6.42 Å². The van der Waals surface area contributed by atoms with Crippen molar-refractivity contribution in [1.29, 1.82) is 5.41 Å². The fraction of sp³-hybridized carbons (Fsp3) is 0.125. The molecule has 0 amide bonds. The number of nitrogens with two attached hydrogens (primary N) is 1. The zero-order valence-electron chi connectivity index (χ0n) is 6.12. The molecule has 0 saturated carbocycles. The molecule has 3 N–H and O–H groups in total. The molecule has 0 fully saturated rings. The van der Waals surface area contributed by atoms with Gasteiger partial charge in [-0.3, -0.25) is 10.4 Å². The average molecular weight is 148 g/mol. The topological polar surface area (TPSA) is 62.8 Å². The van der Waals surface area contributed by atoms with Gasteiger partial charge in [0, 0.05) is 18.8 Å². The molecule has 1 heterocycles. The Labute approximate surface area is 65.8 Å². The van der Waals surface area contributed by atoms with Crippen LogP contribution in [0, 0.1) is 11.8 Å². The van der Waals surface area contributed by atoms with Crippen LogP contribution in [-0.2, 0) is 0 Å². The summed E-state index contributed by atoms with van der Waals surface area (Å²) in [6.45, 7) is 0. The summed E-state index contributed by atoms with van der Waals surface area (Å²) in [5.74, 6) is 0.182. The normalized spacial score (nSPS) is 9.45. The van der Waals surface area contributed by atoms with E-state index in [0.717, 1.165) is 5.56 Å². The van der Waals surface area contributed by atoms with Crippen molar-refractivity contribution in [3.63, 3.8) is 0 Å². The minimum atomic E-state index is 0.182. The van der Waals surface area contributed by atoms with E-state index in [2.05, 4.69) is 4.98 Å². The summed E-state index contributed by atoms with van der Waals surface area (Å²) < 4.78 is 0. The fourth-order valence-corrected chi connectivity index (χ4v) is 0.727. The molecule has 3 heteroatoms. The minimum Gasteiger partial charge on any atom is -0.388 e. The maximum Gasteiger partial charge on any atom is 0.0911 e. The van der Waals surface area contributed by atoms with Crippen molar-refractivity contribution in [1.82, 2.24) is 4.98 Å². The smallest absolute Gasteiger partial charge is 0.0911 e. The van der Waals surface area contributed by atoms with Gasteiger partial charge >= 0.3 is 0 Å². The second-order valence-corrected chi connectivity index (χ2v) is 2.21. The van der Waals surface area contributed by atoms with Crippen LogP contribution in [0.5, 0.6) is 0 Å². The zero-order chi connectivity index (χ0) is 8.10. The number of hydrogen-bond donors (Lipinski definition) is 2. The van der Waals surface area contributed by atoms with Gasteiger partial charge in [-0.25, -0.2) is 0 Å². The second-order valence-electron chi connectivity index (χ2n) is 2.21. The number of aromatic nitrogens is 1. The molecule has 0 aromatic carbocycles. The maximum atomic E-state index is 6.97. The Morgan fingerprint density at radius 2 is 2.18 bits per heavy atom. The van der Waals surface area contributed by atoms with Crippen LogP contribution in [0.2, 0.25) is 0 Å². The summed E-state index contributed by atoms with van der Waals surface area (Å²) in [6, 6.07) is 3.76. The Kier molecular flexibility index (Phi) is 2.60. The lowest BCUT2D eigenvalue weighted by Gasteiger charge is -1.97. The van der Waals surface area contributed by atoms with E-state index in [-0.39, 0.29) is 5.84 Å². The van der Waals surface area contributed by atoms with Crippen molar-refractivity contribution < 1.29 is 0 Å². The lowest BCUT2D eigenvalue weighted by molar-refractivity contribution is 1.20. The van der Waals surface area contributed by atoms with Crippen LogP contribution >= 0.6 is 0 Å². The number of nitrogens with one attached hydrogen (secondary N) is 1. The van der Waals surface area contributed by atoms with E-state index in [9.17, 15) is 0 Å². The molecule has 1 aromatic heterocycles. The van der Waals surface area contributed by atoms with Gasteiger partial charge in [-0.1, -0.05) is 0 Å². The molecule has 1 radical (unpaired) electrons. The first-order valence-electron chi connectivity index (χ1n) is 3.35. The van der Waals surface area contributed by atoms with Gasteiger partial charge < -0.3 is 5.73 Å². The number of pyridine rings is 1. The Morgan fingerprint density at radius 1 is 1.55 bits per heavy atom. The summed E-state index contributed by atoms with van der Waals surface area (Å²) in [7, 11) is 0. The molecule has 0 bridgehead atoms. The van der Waals surface area contributed by atoms with Gasteiger partial charge in [0.2, 0.25) is 0 Å². The highest BCUT2D eigenvalue weighted by atomic mass is 14.7. The molecule has 3 nitrogen and oxygen atoms in total. The van der Waals surface area contributed by atoms with E-state index >= 15 is 0 Å². The van der Waals surface area contributed by atoms with E-state index < -0.39 is 0 Å². The number of hydrogen-bond acceptors (Lipinski definition) is 2. The maximum absolute atomic E-state index is 6.97. The molecule has 0 aliphatic heterocycles. The SMILES string of the molecule is N=C(N)C[CH]c1ccncc1. The van der Waals surface area contributed by atoms with Crippen LogP contribution in [0.1, 0.15) is 12.0 Å². The summed E-state index contributed by atoms with van der Waals surface area (Å²) in [6.07, 6.45) is 5.83. The van der Waals surface area contributed by atoms with E-state index in [4.69, 9.17) is 11.1 Å². The van der Waals surface area contributed by atoms with Gasteiger partial charge in [0.1, 0.15) is 0 Å². The highest BCUT2D eigenvalue weighted by molar-refractivity contribution is 5.78. The molecule has 1 rings (SSSR count). The summed E-state index contributed by atoms with van der Waals surface area (Å²) in [5.41, 5.74) is 6.23. The van der Waals surface area contributed by atoms with Crippen LogP contribution in [-0.4, -0.2) is 10.8 Å². The Balaban J connectivity index is 2.45. The standard InChI is InChI=1S/C8H10N3/c9-8(10)2-1-7-3-5-11-6-4-7/h1,3-6H,2H2,(H3,9,10). The molecule has 0 aliphatic carbocycles. The molecule has 0 atom stereocenters. The number of amidine groups is 1. The van der Waals surface area contributed by atoms with E-state index in [1.165, 1.54) is 0 Å². The largest absolute Gasteiger partial charge is 0.388 e. The highest BCUT2D eigenvalue weighted by Crippen LogP contribution is 2.02. The zero-order valence-corrected chi connectivity index (χ0v) is 6.12. The number of nitrogens with zero attached hydrogens (tertiary/aromatic N) is 1. The van der Waals surface area contributed by atoms with Crippen molar-refractivity contribution in [3.8, 4) is 0 Å². The predicted molar refractivity (Wildman–Crippen MR) is 44.2 cm³/mol. The van der Waals surface area contributed by atoms with Crippen molar-refractivity contribution in [2.75, 3.05) is 0 Å². The third-order valence-corrected chi connectivity index (χ3v) is 1.26. The molecule has 11 heavy (non-hydrogen) atoms. The first-order valence-corrected chi connectivity index (χ1v) is 3.35. The van der Waals surface area contributed by atoms with Crippen LogP contribution in [0.25, 0.3) is 0 Å². The molecule has 1 aromatic rings. The first-order chi connectivity index (χ1) is 5.29. The Bertz CT molecular complexity index is 230. The van der Waals surface area contributed by atoms with Crippen molar-refractivity contribution >= 4 is 5.84 Å². The number of rotatable bonds is 3. The van der Waals surface area contributed by atoms with Crippen molar-refractivity contribution in [3.05, 3.63) is 36.5 Å². The molecular weight excluding hydrogens is 138 g/mol. The lowest BCUT2D eigenvalue weighted by atomic mass is 10.1. The van der Waals surface area contributed by atoms with Crippen LogP contribution < -0.4 is 5.73 Å². The summed E-state index contributed by atoms with van der Waals surface area (Å²) in [5, 5.41) is 6.97. The predicted octanol–water partition coefficient (Wildman–Crippen LogP) is 0.960. The van der Waals surface area contributed by atoms with E-state index in [1.807, 2.05) is 18.6 Å². The molecule has 0 spiro atoms. The average Bonchev–Trinajstić information content (AvgIpc) is 2.03. The Hall–Kier alpha value is -1.38. The van der Waals surface area contributed by atoms with Crippen molar-refractivity contribution in [2.45, 2.75) is 6.42 Å². The highest BCUT2D eigenvalue weighted by Gasteiger charge is 1.92. The monoisotopic (exact) mass is 148 g/mol. The Morgan fingerprint density at radius 3 is 2.73 bits per heavy atom. The quantitative estimate of drug-likeness (QED) is 0.495. The van der Waals surface area contributed by atoms with Crippen LogP contribution in [0.3, 0.4) is 0 Å². The first kappa shape index (κ1) is 7.72. The van der Waals surface area contributed by atoms with Gasteiger partial charge in [-0.05, 0) is 24.1 Å². The fourth-order valence-electron chi connectivity index (χ4n) is 0.727. The molecule has 0 saturated heterocycles. The molecular formula is C8H10N3. The summed E-state index contributed by atoms with van der Waals surface area (Å²) >= 11 is 0. The van der Waals surface area contributed by atoms with Gasteiger partial charge in [-0.2, -0.15) is 0 Å². The lowest BCUT2D eigenvalue weighted by Crippen LogP contribution is -2.09. The molecule has 57 valence electrons. The van der Waals surface area contributed by atoms with Crippen LogP contribution in [0.15, 0.2) is 24.5 Å². The van der Waals surface area contributed by atoms with Crippen LogP contribution in [0.4, 0.5) is 0 Å². The third kappa shape index (κ3) is 2.80. The van der Waals surface area contributed by atoms with Gasteiger partial charge in [-0.15, -0.1) is 0 Å². The minimum absolute atomic E-state index is 0.182. The summed E-state index contributed by atoms with van der Waals surface area (Å²) in [4.78, 5) is 3.87. The second kappa shape index (κ2) is 3.71.